The van der Waals surface area contributed by atoms with Gasteiger partial charge in [0.2, 0.25) is 0 Å². The number of carbonyl (C=O) groups is 2. The highest BCUT2D eigenvalue weighted by Crippen LogP contribution is 2.44. The summed E-state index contributed by atoms with van der Waals surface area (Å²) in [6.07, 6.45) is 0.265. The molecule has 0 saturated carbocycles. The molecular weight excluding hydrogens is 392 g/mol. The van der Waals surface area contributed by atoms with Crippen LogP contribution in [-0.2, 0) is 25.5 Å². The van der Waals surface area contributed by atoms with E-state index in [4.69, 9.17) is 9.47 Å². The number of fused-ring (bicyclic) bond motifs is 3. The molecule has 0 radical (unpaired) electrons. The molecule has 1 aliphatic rings. The van der Waals surface area contributed by atoms with Crippen LogP contribution in [0.5, 0.6) is 5.75 Å². The maximum atomic E-state index is 12.6. The van der Waals surface area contributed by atoms with Crippen molar-refractivity contribution in [1.29, 1.82) is 0 Å². The van der Waals surface area contributed by atoms with E-state index >= 15 is 0 Å². The van der Waals surface area contributed by atoms with Gasteiger partial charge in [-0.1, -0.05) is 60.7 Å². The molecule has 0 unspecified atom stereocenters. The number of hydrogen-bond donors (Lipinski definition) is 1. The summed E-state index contributed by atoms with van der Waals surface area (Å²) in [6, 6.07) is 22.9. The normalized spacial score (nSPS) is 13.2. The van der Waals surface area contributed by atoms with Crippen molar-refractivity contribution in [1.82, 2.24) is 0 Å². The first-order valence-corrected chi connectivity index (χ1v) is 10.3. The van der Waals surface area contributed by atoms with E-state index in [2.05, 4.69) is 24.3 Å². The fourth-order valence-electron chi connectivity index (χ4n) is 4.20. The Morgan fingerprint density at radius 2 is 1.48 bits per heavy atom. The molecule has 158 valence electrons. The van der Waals surface area contributed by atoms with Crippen LogP contribution < -0.4 is 0 Å². The van der Waals surface area contributed by atoms with E-state index in [1.54, 1.807) is 24.3 Å². The number of carbonyl (C=O) groups excluding carboxylic acids is 2. The van der Waals surface area contributed by atoms with Gasteiger partial charge in [0, 0.05) is 5.92 Å². The lowest BCUT2D eigenvalue weighted by molar-refractivity contribution is -0.153. The van der Waals surface area contributed by atoms with Crippen molar-refractivity contribution < 1.29 is 24.2 Å². The third-order valence-corrected chi connectivity index (χ3v) is 5.74. The van der Waals surface area contributed by atoms with Crippen LogP contribution in [-0.4, -0.2) is 30.8 Å². The average molecular weight is 416 g/mol. The molecule has 0 fully saturated rings. The Balaban J connectivity index is 1.44. The Hall–Kier alpha value is -3.60. The predicted molar refractivity (Wildman–Crippen MR) is 117 cm³/mol. The fourth-order valence-corrected chi connectivity index (χ4v) is 4.20. The summed E-state index contributed by atoms with van der Waals surface area (Å²) in [5, 5.41) is 9.44. The third kappa shape index (κ3) is 4.45. The van der Waals surface area contributed by atoms with Gasteiger partial charge >= 0.3 is 11.9 Å². The molecule has 0 saturated heterocycles. The minimum absolute atomic E-state index is 0.0231. The van der Waals surface area contributed by atoms with E-state index in [-0.39, 0.29) is 24.7 Å². The first kappa shape index (κ1) is 20.7. The van der Waals surface area contributed by atoms with Gasteiger partial charge in [0.25, 0.3) is 0 Å². The summed E-state index contributed by atoms with van der Waals surface area (Å²) in [4.78, 5) is 24.9. The molecule has 3 aromatic rings. The highest BCUT2D eigenvalue weighted by molar-refractivity contribution is 5.81. The standard InChI is InChI=1S/C26H24O5/c1-30-26(29)18(14-17-10-12-19(27)13-11-17)15-25(28)31-16-24-22-8-4-2-6-20(22)21-7-3-5-9-23(21)24/h2-13,18,24,27H,14-16H2,1H3/t18-/m0/s1. The molecule has 5 nitrogen and oxygen atoms in total. The number of methoxy groups -OCH3 is 1. The van der Waals surface area contributed by atoms with Crippen molar-refractivity contribution in [3.63, 3.8) is 0 Å². The van der Waals surface area contributed by atoms with Crippen molar-refractivity contribution in [3.8, 4) is 16.9 Å². The Kier molecular flexibility index (Phi) is 6.03. The molecule has 31 heavy (non-hydrogen) atoms. The van der Waals surface area contributed by atoms with Crippen LogP contribution in [0.3, 0.4) is 0 Å². The van der Waals surface area contributed by atoms with E-state index in [0.29, 0.717) is 6.42 Å². The maximum Gasteiger partial charge on any atom is 0.309 e. The molecule has 1 atom stereocenters. The van der Waals surface area contributed by atoms with Gasteiger partial charge in [0.15, 0.2) is 0 Å². The predicted octanol–water partition coefficient (Wildman–Crippen LogP) is 4.47. The van der Waals surface area contributed by atoms with Crippen LogP contribution in [0.2, 0.25) is 0 Å². The molecule has 4 rings (SSSR count). The largest absolute Gasteiger partial charge is 0.508 e. The SMILES string of the molecule is COC(=O)[C@H](CC(=O)OCC1c2ccccc2-c2ccccc21)Cc1ccc(O)cc1. The van der Waals surface area contributed by atoms with Gasteiger partial charge in [-0.15, -0.1) is 0 Å². The van der Waals surface area contributed by atoms with Gasteiger partial charge in [-0.25, -0.2) is 0 Å². The van der Waals surface area contributed by atoms with E-state index < -0.39 is 17.9 Å². The average Bonchev–Trinajstić information content (AvgIpc) is 3.12. The highest BCUT2D eigenvalue weighted by Gasteiger charge is 2.30. The first-order valence-electron chi connectivity index (χ1n) is 10.3. The summed E-state index contributed by atoms with van der Waals surface area (Å²) in [6.45, 7) is 0.222. The third-order valence-electron chi connectivity index (χ3n) is 5.74. The van der Waals surface area contributed by atoms with E-state index in [9.17, 15) is 14.7 Å². The van der Waals surface area contributed by atoms with E-state index in [1.807, 2.05) is 24.3 Å². The van der Waals surface area contributed by atoms with Crippen molar-refractivity contribution >= 4 is 11.9 Å². The number of esters is 2. The lowest BCUT2D eigenvalue weighted by Gasteiger charge is -2.17. The second-order valence-corrected chi connectivity index (χ2v) is 7.70. The first-order chi connectivity index (χ1) is 15.1. The van der Waals surface area contributed by atoms with E-state index in [0.717, 1.165) is 16.7 Å². The topological polar surface area (TPSA) is 72.8 Å². The zero-order valence-electron chi connectivity index (χ0n) is 17.3. The summed E-state index contributed by atoms with van der Waals surface area (Å²) in [7, 11) is 1.31. The Morgan fingerprint density at radius 1 is 0.903 bits per heavy atom. The monoisotopic (exact) mass is 416 g/mol. The van der Waals surface area contributed by atoms with Crippen LogP contribution >= 0.6 is 0 Å². The van der Waals surface area contributed by atoms with Crippen LogP contribution in [0, 0.1) is 5.92 Å². The maximum absolute atomic E-state index is 12.6. The van der Waals surface area contributed by atoms with Crippen molar-refractivity contribution in [2.45, 2.75) is 18.8 Å². The van der Waals surface area contributed by atoms with Gasteiger partial charge < -0.3 is 14.6 Å². The second-order valence-electron chi connectivity index (χ2n) is 7.70. The van der Waals surface area contributed by atoms with Gasteiger partial charge in [0.1, 0.15) is 12.4 Å². The van der Waals surface area contributed by atoms with Crippen molar-refractivity contribution in [3.05, 3.63) is 89.5 Å². The number of phenols is 1. The summed E-state index contributed by atoms with van der Waals surface area (Å²) in [5.74, 6) is -1.41. The molecule has 0 heterocycles. The molecule has 1 N–H and O–H groups in total. The number of ether oxygens (including phenoxy) is 2. The number of aromatic hydroxyl groups is 1. The van der Waals surface area contributed by atoms with Gasteiger partial charge in [-0.2, -0.15) is 0 Å². The lowest BCUT2D eigenvalue weighted by atomic mass is 9.96. The smallest absolute Gasteiger partial charge is 0.309 e. The van der Waals surface area contributed by atoms with Gasteiger partial charge in [-0.3, -0.25) is 9.59 Å². The second kappa shape index (κ2) is 9.04. The molecule has 5 heteroatoms. The Morgan fingerprint density at radius 3 is 2.06 bits per heavy atom. The zero-order valence-corrected chi connectivity index (χ0v) is 17.3. The minimum Gasteiger partial charge on any atom is -0.508 e. The molecule has 0 bridgehead atoms. The van der Waals surface area contributed by atoms with Crippen LogP contribution in [0.4, 0.5) is 0 Å². The summed E-state index contributed by atoms with van der Waals surface area (Å²) >= 11 is 0. The number of benzene rings is 3. The molecule has 0 amide bonds. The molecule has 0 spiro atoms. The van der Waals surface area contributed by atoms with Crippen LogP contribution in [0.25, 0.3) is 11.1 Å². The summed E-state index contributed by atoms with van der Waals surface area (Å²) < 4.78 is 10.5. The summed E-state index contributed by atoms with van der Waals surface area (Å²) in [5.41, 5.74) is 5.45. The minimum atomic E-state index is -0.648. The molecule has 1 aliphatic carbocycles. The van der Waals surface area contributed by atoms with Crippen LogP contribution in [0.1, 0.15) is 29.0 Å². The highest BCUT2D eigenvalue weighted by atomic mass is 16.5. The van der Waals surface area contributed by atoms with E-state index in [1.165, 1.54) is 18.2 Å². The number of hydrogen-bond acceptors (Lipinski definition) is 5. The van der Waals surface area contributed by atoms with Crippen LogP contribution in [0.15, 0.2) is 72.8 Å². The van der Waals surface area contributed by atoms with Crippen molar-refractivity contribution in [2.24, 2.45) is 5.92 Å². The quantitative estimate of drug-likeness (QED) is 0.576. The molecule has 3 aromatic carbocycles. The molecular formula is C26H24O5. The molecule has 0 aliphatic heterocycles. The Labute approximate surface area is 181 Å². The number of rotatable bonds is 7. The number of phenolic OH excluding ortho intramolecular Hbond substituents is 1. The van der Waals surface area contributed by atoms with Gasteiger partial charge in [-0.05, 0) is 46.4 Å². The zero-order chi connectivity index (χ0) is 21.8. The lowest BCUT2D eigenvalue weighted by Crippen LogP contribution is -2.24. The van der Waals surface area contributed by atoms with Crippen molar-refractivity contribution in [2.75, 3.05) is 13.7 Å². The molecule has 0 aromatic heterocycles. The van der Waals surface area contributed by atoms with Gasteiger partial charge in [0.05, 0.1) is 19.4 Å². The Bertz CT molecular complexity index is 1040. The fraction of sp³-hybridized carbons (Fsp3) is 0.231.